The molecule has 0 bridgehead atoms. The third-order valence-corrected chi connectivity index (χ3v) is 4.63. The monoisotopic (exact) mass is 313 g/mol. The highest BCUT2D eigenvalue weighted by atomic mass is 32.2. The number of sulfonamides is 1. The van der Waals surface area contributed by atoms with Crippen LogP contribution in [-0.2, 0) is 21.2 Å². The van der Waals surface area contributed by atoms with E-state index in [9.17, 15) is 13.2 Å². The van der Waals surface area contributed by atoms with Crippen molar-refractivity contribution in [2.75, 3.05) is 0 Å². The van der Waals surface area contributed by atoms with Gasteiger partial charge in [-0.25, -0.2) is 13.1 Å². The zero-order valence-corrected chi connectivity index (χ0v) is 13.5. The van der Waals surface area contributed by atoms with Crippen LogP contribution in [0.2, 0.25) is 0 Å². The molecule has 0 aliphatic carbocycles. The van der Waals surface area contributed by atoms with Crippen LogP contribution in [0.1, 0.15) is 39.2 Å². The summed E-state index contributed by atoms with van der Waals surface area (Å²) in [5.41, 5.74) is 1.10. The lowest BCUT2D eigenvalue weighted by Gasteiger charge is -2.13. The first-order chi connectivity index (χ1) is 9.70. The lowest BCUT2D eigenvalue weighted by molar-refractivity contribution is -0.137. The maximum absolute atomic E-state index is 12.2. The largest absolute Gasteiger partial charge is 0.481 e. The number of rotatable bonds is 8. The Bertz CT molecular complexity index is 564. The van der Waals surface area contributed by atoms with Crippen LogP contribution in [0.4, 0.5) is 0 Å². The molecule has 0 heterocycles. The predicted molar refractivity (Wildman–Crippen MR) is 81.6 cm³/mol. The van der Waals surface area contributed by atoms with Gasteiger partial charge in [0.05, 0.1) is 4.90 Å². The molecule has 6 heteroatoms. The summed E-state index contributed by atoms with van der Waals surface area (Å²) in [6.45, 7) is 5.88. The van der Waals surface area contributed by atoms with Crippen LogP contribution >= 0.6 is 0 Å². The molecule has 0 aliphatic heterocycles. The van der Waals surface area contributed by atoms with Crippen molar-refractivity contribution in [2.24, 2.45) is 5.92 Å². The van der Waals surface area contributed by atoms with Crippen molar-refractivity contribution in [3.05, 3.63) is 29.8 Å². The number of carboxylic acids is 1. The summed E-state index contributed by atoms with van der Waals surface area (Å²) in [5.74, 6) is -0.416. The summed E-state index contributed by atoms with van der Waals surface area (Å²) in [4.78, 5) is 10.7. The highest BCUT2D eigenvalue weighted by Gasteiger charge is 2.17. The predicted octanol–water partition coefficient (Wildman–Crippen LogP) is 2.42. The maximum atomic E-state index is 12.2. The second-order valence-electron chi connectivity index (χ2n) is 5.70. The van der Waals surface area contributed by atoms with Crippen molar-refractivity contribution >= 4 is 16.0 Å². The van der Waals surface area contributed by atoms with Crippen LogP contribution in [0, 0.1) is 5.92 Å². The van der Waals surface area contributed by atoms with Crippen molar-refractivity contribution in [1.82, 2.24) is 4.72 Å². The van der Waals surface area contributed by atoms with Crippen LogP contribution in [0.3, 0.4) is 0 Å². The molecule has 5 nitrogen and oxygen atoms in total. The van der Waals surface area contributed by atoms with E-state index < -0.39 is 22.0 Å². The van der Waals surface area contributed by atoms with E-state index in [1.54, 1.807) is 19.1 Å². The van der Waals surface area contributed by atoms with Gasteiger partial charge >= 0.3 is 5.97 Å². The van der Waals surface area contributed by atoms with Gasteiger partial charge in [0.15, 0.2) is 0 Å². The molecule has 0 spiro atoms. The van der Waals surface area contributed by atoms with E-state index in [2.05, 4.69) is 18.6 Å². The van der Waals surface area contributed by atoms with Gasteiger partial charge in [0, 0.05) is 12.5 Å². The molecular weight excluding hydrogens is 290 g/mol. The minimum Gasteiger partial charge on any atom is -0.481 e. The lowest BCUT2D eigenvalue weighted by atomic mass is 10.0. The summed E-state index contributed by atoms with van der Waals surface area (Å²) in [5, 5.41) is 8.60. The van der Waals surface area contributed by atoms with E-state index in [1.807, 2.05) is 12.1 Å². The number of hydrogen-bond donors (Lipinski definition) is 2. The van der Waals surface area contributed by atoms with Crippen molar-refractivity contribution in [3.63, 3.8) is 0 Å². The molecule has 1 aromatic rings. The van der Waals surface area contributed by atoms with E-state index in [0.29, 0.717) is 5.92 Å². The molecule has 1 unspecified atom stereocenters. The molecule has 2 N–H and O–H groups in total. The third kappa shape index (κ3) is 6.27. The first-order valence-corrected chi connectivity index (χ1v) is 8.52. The fraction of sp³-hybridized carbons (Fsp3) is 0.533. The minimum atomic E-state index is -3.60. The van der Waals surface area contributed by atoms with Gasteiger partial charge in [0.1, 0.15) is 0 Å². The zero-order valence-electron chi connectivity index (χ0n) is 12.7. The van der Waals surface area contributed by atoms with Gasteiger partial charge in [-0.05, 0) is 43.4 Å². The zero-order chi connectivity index (χ0) is 16.0. The van der Waals surface area contributed by atoms with Gasteiger partial charge < -0.3 is 5.11 Å². The third-order valence-electron chi connectivity index (χ3n) is 3.03. The standard InChI is InChI=1S/C15H23NO4S/c1-11(2)10-13-5-7-14(8-6-13)21(19,20)16-12(3)4-9-15(17)18/h5-8,11-12,16H,4,9-10H2,1-3H3,(H,17,18). The number of benzene rings is 1. The average molecular weight is 313 g/mol. The molecule has 0 saturated carbocycles. The molecule has 1 atom stereocenters. The molecule has 0 fully saturated rings. The first-order valence-electron chi connectivity index (χ1n) is 7.04. The van der Waals surface area contributed by atoms with Gasteiger partial charge in [0.2, 0.25) is 10.0 Å². The topological polar surface area (TPSA) is 83.5 Å². The Balaban J connectivity index is 2.71. The Morgan fingerprint density at radius 2 is 1.76 bits per heavy atom. The van der Waals surface area contributed by atoms with E-state index in [0.717, 1.165) is 12.0 Å². The number of nitrogens with one attached hydrogen (secondary N) is 1. The van der Waals surface area contributed by atoms with Crippen molar-refractivity contribution in [2.45, 2.75) is 51.0 Å². The van der Waals surface area contributed by atoms with Gasteiger partial charge in [-0.2, -0.15) is 0 Å². The molecule has 0 aliphatic rings. The molecule has 1 rings (SSSR count). The fourth-order valence-electron chi connectivity index (χ4n) is 2.01. The normalized spacial score (nSPS) is 13.3. The van der Waals surface area contributed by atoms with Crippen LogP contribution in [-0.4, -0.2) is 25.5 Å². The van der Waals surface area contributed by atoms with E-state index in [4.69, 9.17) is 5.11 Å². The van der Waals surface area contributed by atoms with Crippen molar-refractivity contribution < 1.29 is 18.3 Å². The van der Waals surface area contributed by atoms with Gasteiger partial charge in [-0.3, -0.25) is 4.79 Å². The minimum absolute atomic E-state index is 0.0585. The Morgan fingerprint density at radius 3 is 2.24 bits per heavy atom. The molecule has 0 aromatic heterocycles. The van der Waals surface area contributed by atoms with Crippen LogP contribution < -0.4 is 4.72 Å². The summed E-state index contributed by atoms with van der Waals surface area (Å²) < 4.78 is 26.8. The molecule has 0 amide bonds. The summed E-state index contributed by atoms with van der Waals surface area (Å²) in [7, 11) is -3.60. The Kier molecular flexibility index (Phi) is 6.36. The van der Waals surface area contributed by atoms with E-state index in [1.165, 1.54) is 0 Å². The second-order valence-corrected chi connectivity index (χ2v) is 7.41. The number of carboxylic acid groups (broad SMARTS) is 1. The van der Waals surface area contributed by atoms with Crippen molar-refractivity contribution in [1.29, 1.82) is 0 Å². The number of aliphatic carboxylic acids is 1. The molecule has 0 saturated heterocycles. The smallest absolute Gasteiger partial charge is 0.303 e. The summed E-state index contributed by atoms with van der Waals surface area (Å²) in [6, 6.07) is 6.39. The van der Waals surface area contributed by atoms with Gasteiger partial charge in [0.25, 0.3) is 0 Å². The molecule has 1 aromatic carbocycles. The number of hydrogen-bond acceptors (Lipinski definition) is 3. The quantitative estimate of drug-likeness (QED) is 0.772. The van der Waals surface area contributed by atoms with Crippen molar-refractivity contribution in [3.8, 4) is 0 Å². The molecule has 0 radical (unpaired) electrons. The molecule has 118 valence electrons. The first kappa shape index (κ1) is 17.7. The Morgan fingerprint density at radius 1 is 1.19 bits per heavy atom. The van der Waals surface area contributed by atoms with Gasteiger partial charge in [-0.15, -0.1) is 0 Å². The second kappa shape index (κ2) is 7.56. The summed E-state index contributed by atoms with van der Waals surface area (Å²) >= 11 is 0. The molecular formula is C15H23NO4S. The lowest BCUT2D eigenvalue weighted by Crippen LogP contribution is -2.33. The van der Waals surface area contributed by atoms with Crippen LogP contribution in [0.15, 0.2) is 29.2 Å². The highest BCUT2D eigenvalue weighted by molar-refractivity contribution is 7.89. The average Bonchev–Trinajstić information content (AvgIpc) is 2.35. The van der Waals surface area contributed by atoms with E-state index in [-0.39, 0.29) is 17.7 Å². The molecule has 21 heavy (non-hydrogen) atoms. The SMILES string of the molecule is CC(C)Cc1ccc(S(=O)(=O)NC(C)CCC(=O)O)cc1. The Hall–Kier alpha value is -1.40. The van der Waals surface area contributed by atoms with Crippen LogP contribution in [0.25, 0.3) is 0 Å². The fourth-order valence-corrected chi connectivity index (χ4v) is 3.29. The summed E-state index contributed by atoms with van der Waals surface area (Å²) in [6.07, 6.45) is 1.11. The highest BCUT2D eigenvalue weighted by Crippen LogP contribution is 2.14. The van der Waals surface area contributed by atoms with Gasteiger partial charge in [-0.1, -0.05) is 26.0 Å². The Labute approximate surface area is 126 Å². The van der Waals surface area contributed by atoms with E-state index >= 15 is 0 Å². The number of carbonyl (C=O) groups is 1. The maximum Gasteiger partial charge on any atom is 0.303 e. The van der Waals surface area contributed by atoms with Crippen LogP contribution in [0.5, 0.6) is 0 Å².